The van der Waals surface area contributed by atoms with Crippen LogP contribution in [0.2, 0.25) is 5.02 Å². The summed E-state index contributed by atoms with van der Waals surface area (Å²) >= 11 is 5.83. The highest BCUT2D eigenvalue weighted by atomic mass is 35.5. The molecule has 0 atom stereocenters. The molecular formula is C13H16ClFN2O. The molecule has 1 N–H and O–H groups in total. The third-order valence-electron chi connectivity index (χ3n) is 3.03. The summed E-state index contributed by atoms with van der Waals surface area (Å²) in [6.45, 7) is 3.99. The molecule has 1 aliphatic rings. The molecule has 2 rings (SSSR count). The molecule has 5 heteroatoms. The molecule has 0 spiro atoms. The number of hydrogen-bond acceptors (Lipinski definition) is 3. The first-order valence-corrected chi connectivity index (χ1v) is 6.42. The molecule has 0 aromatic heterocycles. The largest absolute Gasteiger partial charge is 0.314 e. The van der Waals surface area contributed by atoms with E-state index in [4.69, 9.17) is 11.6 Å². The van der Waals surface area contributed by atoms with Crippen molar-refractivity contribution in [3.8, 4) is 0 Å². The zero-order chi connectivity index (χ0) is 13.0. The number of rotatable bonds is 4. The van der Waals surface area contributed by atoms with Crippen molar-refractivity contribution in [2.45, 2.75) is 6.42 Å². The van der Waals surface area contributed by atoms with Crippen LogP contribution in [0.25, 0.3) is 0 Å². The van der Waals surface area contributed by atoms with E-state index >= 15 is 0 Å². The Kier molecular flexibility index (Phi) is 4.69. The van der Waals surface area contributed by atoms with Crippen LogP contribution >= 0.6 is 11.6 Å². The molecular weight excluding hydrogens is 255 g/mol. The fraction of sp³-hybridized carbons (Fsp3) is 0.462. The van der Waals surface area contributed by atoms with Crippen LogP contribution < -0.4 is 5.32 Å². The van der Waals surface area contributed by atoms with E-state index in [0.29, 0.717) is 12.1 Å². The molecule has 1 aromatic rings. The van der Waals surface area contributed by atoms with Gasteiger partial charge in [0.2, 0.25) is 0 Å². The highest BCUT2D eigenvalue weighted by Crippen LogP contribution is 2.20. The Labute approximate surface area is 111 Å². The van der Waals surface area contributed by atoms with Gasteiger partial charge in [0.05, 0.1) is 11.6 Å². The number of nitrogens with zero attached hydrogens (tertiary/aromatic N) is 1. The molecule has 0 saturated carbocycles. The van der Waals surface area contributed by atoms with Gasteiger partial charge in [-0.1, -0.05) is 23.7 Å². The van der Waals surface area contributed by atoms with Crippen molar-refractivity contribution in [1.82, 2.24) is 10.2 Å². The quantitative estimate of drug-likeness (QED) is 0.900. The average Bonchev–Trinajstić information content (AvgIpc) is 2.36. The van der Waals surface area contributed by atoms with Gasteiger partial charge in [-0.05, 0) is 11.6 Å². The van der Waals surface area contributed by atoms with E-state index in [1.165, 1.54) is 6.07 Å². The molecule has 0 aliphatic carbocycles. The van der Waals surface area contributed by atoms with E-state index in [1.807, 2.05) is 0 Å². The minimum Gasteiger partial charge on any atom is -0.314 e. The van der Waals surface area contributed by atoms with Gasteiger partial charge in [-0.3, -0.25) is 9.69 Å². The minimum absolute atomic E-state index is 0.0613. The maximum atomic E-state index is 13.2. The summed E-state index contributed by atoms with van der Waals surface area (Å²) in [4.78, 5) is 14.0. The Balaban J connectivity index is 1.92. The molecule has 1 heterocycles. The molecule has 1 aromatic carbocycles. The highest BCUT2D eigenvalue weighted by molar-refractivity contribution is 6.31. The number of carbonyl (C=O) groups excluding carboxylic acids is 1. The van der Waals surface area contributed by atoms with Gasteiger partial charge >= 0.3 is 0 Å². The molecule has 18 heavy (non-hydrogen) atoms. The van der Waals surface area contributed by atoms with Crippen LogP contribution in [0.15, 0.2) is 18.2 Å². The van der Waals surface area contributed by atoms with Gasteiger partial charge in [0.25, 0.3) is 0 Å². The molecule has 1 fully saturated rings. The summed E-state index contributed by atoms with van der Waals surface area (Å²) in [7, 11) is 0. The monoisotopic (exact) mass is 270 g/mol. The molecule has 0 unspecified atom stereocenters. The van der Waals surface area contributed by atoms with Crippen LogP contribution in [-0.2, 0) is 11.2 Å². The molecule has 0 radical (unpaired) electrons. The summed E-state index contributed by atoms with van der Waals surface area (Å²) < 4.78 is 13.2. The average molecular weight is 271 g/mol. The number of benzene rings is 1. The third kappa shape index (κ3) is 3.51. The number of nitrogens with one attached hydrogen (secondary N) is 1. The molecule has 0 amide bonds. The number of carbonyl (C=O) groups is 1. The SMILES string of the molecule is O=C(Cc1cccc(F)c1Cl)CN1CCNCC1. The standard InChI is InChI=1S/C13H16ClFN2O/c14-13-10(2-1-3-12(13)15)8-11(18)9-17-6-4-16-5-7-17/h1-3,16H,4-9H2. The van der Waals surface area contributed by atoms with E-state index in [0.717, 1.165) is 26.2 Å². The second-order valence-electron chi connectivity index (χ2n) is 4.45. The number of halogens is 2. The van der Waals surface area contributed by atoms with Crippen LogP contribution in [0.3, 0.4) is 0 Å². The fourth-order valence-electron chi connectivity index (χ4n) is 2.07. The summed E-state index contributed by atoms with van der Waals surface area (Å²) in [5.41, 5.74) is 0.566. The maximum absolute atomic E-state index is 13.2. The van der Waals surface area contributed by atoms with E-state index in [-0.39, 0.29) is 17.2 Å². The second kappa shape index (κ2) is 6.27. The topological polar surface area (TPSA) is 32.3 Å². The van der Waals surface area contributed by atoms with Crippen molar-refractivity contribution in [3.05, 3.63) is 34.6 Å². The maximum Gasteiger partial charge on any atom is 0.151 e. The van der Waals surface area contributed by atoms with Crippen LogP contribution in [0, 0.1) is 5.82 Å². The molecule has 3 nitrogen and oxygen atoms in total. The lowest BCUT2D eigenvalue weighted by atomic mass is 10.1. The Bertz CT molecular complexity index is 433. The first-order valence-electron chi connectivity index (χ1n) is 6.04. The normalized spacial score (nSPS) is 16.8. The number of piperazine rings is 1. The van der Waals surface area contributed by atoms with Crippen molar-refractivity contribution in [3.63, 3.8) is 0 Å². The predicted octanol–water partition coefficient (Wildman–Crippen LogP) is 1.50. The van der Waals surface area contributed by atoms with Gasteiger partial charge in [-0.2, -0.15) is 0 Å². The van der Waals surface area contributed by atoms with E-state index < -0.39 is 5.82 Å². The summed E-state index contributed by atoms with van der Waals surface area (Å²) in [6, 6.07) is 4.57. The lowest BCUT2D eigenvalue weighted by Gasteiger charge is -2.26. The lowest BCUT2D eigenvalue weighted by molar-refractivity contribution is -0.119. The first kappa shape index (κ1) is 13.5. The van der Waals surface area contributed by atoms with E-state index in [1.54, 1.807) is 12.1 Å². The van der Waals surface area contributed by atoms with Crippen molar-refractivity contribution in [2.24, 2.45) is 0 Å². The minimum atomic E-state index is -0.468. The van der Waals surface area contributed by atoms with Crippen LogP contribution in [-0.4, -0.2) is 43.4 Å². The summed E-state index contributed by atoms with van der Waals surface area (Å²) in [5, 5.41) is 3.29. The number of ketones is 1. The molecule has 1 aliphatic heterocycles. The number of Topliss-reactive ketones (excluding diaryl/α,β-unsaturated/α-hetero) is 1. The molecule has 98 valence electrons. The van der Waals surface area contributed by atoms with Gasteiger partial charge < -0.3 is 5.32 Å². The molecule has 1 saturated heterocycles. The van der Waals surface area contributed by atoms with Crippen LogP contribution in [0.4, 0.5) is 4.39 Å². The van der Waals surface area contributed by atoms with Crippen molar-refractivity contribution < 1.29 is 9.18 Å². The Morgan fingerprint density at radius 2 is 2.11 bits per heavy atom. The Morgan fingerprint density at radius 1 is 1.39 bits per heavy atom. The summed E-state index contributed by atoms with van der Waals surface area (Å²) in [6.07, 6.45) is 0.195. The predicted molar refractivity (Wildman–Crippen MR) is 69.4 cm³/mol. The van der Waals surface area contributed by atoms with Crippen LogP contribution in [0.1, 0.15) is 5.56 Å². The van der Waals surface area contributed by atoms with Gasteiger partial charge in [-0.25, -0.2) is 4.39 Å². The Morgan fingerprint density at radius 3 is 2.83 bits per heavy atom. The fourth-order valence-corrected chi connectivity index (χ4v) is 2.26. The third-order valence-corrected chi connectivity index (χ3v) is 3.45. The van der Waals surface area contributed by atoms with Gasteiger partial charge in [-0.15, -0.1) is 0 Å². The van der Waals surface area contributed by atoms with Crippen LogP contribution in [0.5, 0.6) is 0 Å². The zero-order valence-electron chi connectivity index (χ0n) is 10.1. The van der Waals surface area contributed by atoms with E-state index in [2.05, 4.69) is 10.2 Å². The number of hydrogen-bond donors (Lipinski definition) is 1. The lowest BCUT2D eigenvalue weighted by Crippen LogP contribution is -2.45. The first-order chi connectivity index (χ1) is 8.66. The van der Waals surface area contributed by atoms with E-state index in [9.17, 15) is 9.18 Å². The van der Waals surface area contributed by atoms with Crippen molar-refractivity contribution >= 4 is 17.4 Å². The second-order valence-corrected chi connectivity index (χ2v) is 4.83. The Hall–Kier alpha value is -0.970. The smallest absolute Gasteiger partial charge is 0.151 e. The molecule has 0 bridgehead atoms. The zero-order valence-corrected chi connectivity index (χ0v) is 10.8. The highest BCUT2D eigenvalue weighted by Gasteiger charge is 2.15. The van der Waals surface area contributed by atoms with Gasteiger partial charge in [0, 0.05) is 32.6 Å². The van der Waals surface area contributed by atoms with Gasteiger partial charge in [0.1, 0.15) is 5.82 Å². The van der Waals surface area contributed by atoms with Crippen molar-refractivity contribution in [2.75, 3.05) is 32.7 Å². The summed E-state index contributed by atoms with van der Waals surface area (Å²) in [5.74, 6) is -0.395. The van der Waals surface area contributed by atoms with Gasteiger partial charge in [0.15, 0.2) is 5.78 Å². The van der Waals surface area contributed by atoms with Crippen molar-refractivity contribution in [1.29, 1.82) is 0 Å².